The lowest BCUT2D eigenvalue weighted by Gasteiger charge is -2.46. The van der Waals surface area contributed by atoms with E-state index in [-0.39, 0.29) is 17.6 Å². The van der Waals surface area contributed by atoms with Crippen molar-refractivity contribution >= 4 is 5.70 Å². The molecule has 6 aromatic carbocycles. The van der Waals surface area contributed by atoms with Gasteiger partial charge in [-0.25, -0.2) is 0 Å². The Hall–Kier alpha value is -5.69. The summed E-state index contributed by atoms with van der Waals surface area (Å²) in [6, 6.07) is 55.0. The van der Waals surface area contributed by atoms with Crippen LogP contribution < -0.4 is 10.6 Å². The van der Waals surface area contributed by atoms with Gasteiger partial charge in [-0.15, -0.1) is 0 Å². The lowest BCUT2D eigenvalue weighted by molar-refractivity contribution is 0.442. The molecular formula is C45H35N3. The van der Waals surface area contributed by atoms with Crippen LogP contribution in [0.3, 0.4) is 0 Å². The molecule has 0 aromatic heterocycles. The Balaban J connectivity index is 1.28. The molecule has 2 unspecified atom stereocenters. The fourth-order valence-corrected chi connectivity index (χ4v) is 8.67. The minimum atomic E-state index is -0.447. The Bertz CT molecular complexity index is 2260. The summed E-state index contributed by atoms with van der Waals surface area (Å²) in [5.41, 5.74) is 15.2. The summed E-state index contributed by atoms with van der Waals surface area (Å²) < 4.78 is 0. The molecule has 1 spiro atoms. The van der Waals surface area contributed by atoms with Crippen LogP contribution in [0.1, 0.15) is 81.7 Å². The molecule has 230 valence electrons. The van der Waals surface area contributed by atoms with Crippen molar-refractivity contribution in [1.29, 1.82) is 5.26 Å². The van der Waals surface area contributed by atoms with Crippen LogP contribution in [-0.2, 0) is 10.8 Å². The highest BCUT2D eigenvalue weighted by Gasteiger charge is 2.53. The number of rotatable bonds is 3. The van der Waals surface area contributed by atoms with Crippen molar-refractivity contribution in [3.63, 3.8) is 0 Å². The normalized spacial score (nSPS) is 19.1. The summed E-state index contributed by atoms with van der Waals surface area (Å²) >= 11 is 0. The maximum atomic E-state index is 9.67. The average molecular weight is 618 g/mol. The van der Waals surface area contributed by atoms with E-state index in [9.17, 15) is 5.26 Å². The first-order valence-corrected chi connectivity index (χ1v) is 16.7. The van der Waals surface area contributed by atoms with E-state index in [0.717, 1.165) is 16.8 Å². The van der Waals surface area contributed by atoms with E-state index in [0.29, 0.717) is 5.56 Å². The second kappa shape index (κ2) is 10.7. The predicted molar refractivity (Wildman–Crippen MR) is 193 cm³/mol. The van der Waals surface area contributed by atoms with Crippen molar-refractivity contribution in [1.82, 2.24) is 10.6 Å². The number of benzene rings is 6. The number of nitrogens with one attached hydrogen (secondary N) is 2. The van der Waals surface area contributed by atoms with Gasteiger partial charge < -0.3 is 5.32 Å². The Kier molecular flexibility index (Phi) is 6.34. The zero-order valence-corrected chi connectivity index (χ0v) is 27.0. The minimum absolute atomic E-state index is 0.0189. The van der Waals surface area contributed by atoms with Crippen molar-refractivity contribution in [2.45, 2.75) is 36.9 Å². The highest BCUT2D eigenvalue weighted by molar-refractivity contribution is 5.89. The quantitative estimate of drug-likeness (QED) is 0.208. The van der Waals surface area contributed by atoms with Crippen molar-refractivity contribution in [2.75, 3.05) is 0 Å². The molecule has 3 heteroatoms. The van der Waals surface area contributed by atoms with Gasteiger partial charge in [0.25, 0.3) is 0 Å². The van der Waals surface area contributed by atoms with Gasteiger partial charge in [-0.05, 0) is 85.5 Å². The van der Waals surface area contributed by atoms with Crippen LogP contribution in [0.5, 0.6) is 0 Å². The van der Waals surface area contributed by atoms with E-state index in [1.54, 1.807) is 0 Å². The molecule has 1 heterocycles. The second-order valence-electron chi connectivity index (χ2n) is 13.7. The maximum absolute atomic E-state index is 9.67. The molecule has 3 nitrogen and oxygen atoms in total. The number of nitriles is 1. The zero-order valence-electron chi connectivity index (χ0n) is 27.0. The standard InChI is InChI=1S/C45H35N3/c1-44(2)36-19-8-10-21-38(36)45(39-22-11-9-20-37(39)44)35-18-7-6-17-33(35)34-24-23-31(26-40(34)45)42-27-41(30-14-4-3-5-15-30)47-43(48-42)32-16-12-13-29(25-32)28-46/h3-27,41,43,47-48H,1-2H3. The van der Waals surface area contributed by atoms with Crippen molar-refractivity contribution in [3.8, 4) is 17.2 Å². The van der Waals surface area contributed by atoms with E-state index < -0.39 is 5.41 Å². The van der Waals surface area contributed by atoms with Gasteiger partial charge in [0.15, 0.2) is 0 Å². The smallest absolute Gasteiger partial charge is 0.104 e. The third-order valence-corrected chi connectivity index (χ3v) is 10.9. The van der Waals surface area contributed by atoms with Crippen molar-refractivity contribution in [2.24, 2.45) is 0 Å². The third-order valence-electron chi connectivity index (χ3n) is 10.9. The Morgan fingerprint density at radius 3 is 1.88 bits per heavy atom. The number of hydrogen-bond donors (Lipinski definition) is 2. The molecule has 0 amide bonds. The van der Waals surface area contributed by atoms with Crippen molar-refractivity contribution < 1.29 is 0 Å². The highest BCUT2D eigenvalue weighted by atomic mass is 15.2. The van der Waals surface area contributed by atoms with E-state index in [1.807, 2.05) is 18.2 Å². The van der Waals surface area contributed by atoms with Gasteiger partial charge in [0.1, 0.15) is 6.17 Å². The van der Waals surface area contributed by atoms with E-state index in [2.05, 4.69) is 164 Å². The van der Waals surface area contributed by atoms with Gasteiger partial charge in [-0.2, -0.15) is 5.26 Å². The molecule has 2 aliphatic carbocycles. The lowest BCUT2D eigenvalue weighted by atomic mass is 9.55. The summed E-state index contributed by atoms with van der Waals surface area (Å²) in [7, 11) is 0. The zero-order chi connectivity index (χ0) is 32.5. The lowest BCUT2D eigenvalue weighted by Crippen LogP contribution is -2.41. The van der Waals surface area contributed by atoms with Gasteiger partial charge in [0.2, 0.25) is 0 Å². The molecule has 0 fully saturated rings. The van der Waals surface area contributed by atoms with Crippen LogP contribution in [0, 0.1) is 11.3 Å². The van der Waals surface area contributed by atoms with Gasteiger partial charge >= 0.3 is 0 Å². The number of nitrogens with zero attached hydrogens (tertiary/aromatic N) is 1. The highest BCUT2D eigenvalue weighted by Crippen LogP contribution is 2.62. The van der Waals surface area contributed by atoms with Crippen LogP contribution in [0.2, 0.25) is 0 Å². The monoisotopic (exact) mass is 617 g/mol. The van der Waals surface area contributed by atoms with Crippen LogP contribution in [0.4, 0.5) is 0 Å². The van der Waals surface area contributed by atoms with Crippen LogP contribution in [0.15, 0.2) is 152 Å². The summed E-state index contributed by atoms with van der Waals surface area (Å²) in [6.07, 6.45) is 2.13. The van der Waals surface area contributed by atoms with Crippen LogP contribution in [0.25, 0.3) is 16.8 Å². The molecule has 0 saturated carbocycles. The van der Waals surface area contributed by atoms with E-state index in [4.69, 9.17) is 0 Å². The first kappa shape index (κ1) is 28.5. The molecule has 3 aliphatic rings. The van der Waals surface area contributed by atoms with Crippen LogP contribution >= 0.6 is 0 Å². The molecular weight excluding hydrogens is 583 g/mol. The minimum Gasteiger partial charge on any atom is -0.366 e. The van der Waals surface area contributed by atoms with E-state index >= 15 is 0 Å². The number of hydrogen-bond acceptors (Lipinski definition) is 3. The molecule has 6 aromatic rings. The third kappa shape index (κ3) is 4.03. The molecule has 2 N–H and O–H groups in total. The van der Waals surface area contributed by atoms with Crippen LogP contribution in [-0.4, -0.2) is 0 Å². The first-order chi connectivity index (χ1) is 23.5. The summed E-state index contributed by atoms with van der Waals surface area (Å²) in [5.74, 6) is 0. The largest absolute Gasteiger partial charge is 0.366 e. The fourth-order valence-electron chi connectivity index (χ4n) is 8.67. The Morgan fingerprint density at radius 2 is 1.17 bits per heavy atom. The first-order valence-electron chi connectivity index (χ1n) is 16.7. The van der Waals surface area contributed by atoms with Gasteiger partial charge in [0.05, 0.1) is 23.1 Å². The van der Waals surface area contributed by atoms with E-state index in [1.165, 1.54) is 50.1 Å². The molecule has 0 radical (unpaired) electrons. The molecule has 0 bridgehead atoms. The van der Waals surface area contributed by atoms with Crippen molar-refractivity contribution in [3.05, 3.63) is 207 Å². The topological polar surface area (TPSA) is 47.9 Å². The molecule has 48 heavy (non-hydrogen) atoms. The summed E-state index contributed by atoms with van der Waals surface area (Å²) in [6.45, 7) is 4.73. The Morgan fingerprint density at radius 1 is 0.562 bits per heavy atom. The van der Waals surface area contributed by atoms with Gasteiger partial charge in [0, 0.05) is 11.1 Å². The SMILES string of the molecule is CC1(C)c2ccccc2C2(c3ccccc3-c3ccc(C4=CC(c5ccccc5)NC(c5cccc(C#N)c5)N4)cc32)c2ccccc21. The molecule has 0 saturated heterocycles. The average Bonchev–Trinajstić information content (AvgIpc) is 3.44. The molecule has 2 atom stereocenters. The molecule has 1 aliphatic heterocycles. The number of fused-ring (bicyclic) bond motifs is 9. The fraction of sp³-hybridized carbons (Fsp3) is 0.133. The summed E-state index contributed by atoms with van der Waals surface area (Å²) in [4.78, 5) is 0. The van der Waals surface area contributed by atoms with Gasteiger partial charge in [-0.1, -0.05) is 141 Å². The predicted octanol–water partition coefficient (Wildman–Crippen LogP) is 9.53. The summed E-state index contributed by atoms with van der Waals surface area (Å²) in [5, 5.41) is 17.3. The Labute approximate surface area is 282 Å². The van der Waals surface area contributed by atoms with Gasteiger partial charge in [-0.3, -0.25) is 5.32 Å². The molecule has 9 rings (SSSR count). The second-order valence-corrected chi connectivity index (χ2v) is 13.7. The maximum Gasteiger partial charge on any atom is 0.104 e.